The fraction of sp³-hybridized carbons (Fsp3) is 0.158. The van der Waals surface area contributed by atoms with Crippen molar-refractivity contribution in [2.45, 2.75) is 12.6 Å². The van der Waals surface area contributed by atoms with Gasteiger partial charge in [-0.05, 0) is 47.5 Å². The summed E-state index contributed by atoms with van der Waals surface area (Å²) in [6.45, 7) is 0.136. The van der Waals surface area contributed by atoms with Crippen LogP contribution >= 0.6 is 23.2 Å². The van der Waals surface area contributed by atoms with E-state index in [4.69, 9.17) is 32.7 Å². The van der Waals surface area contributed by atoms with E-state index >= 15 is 0 Å². The summed E-state index contributed by atoms with van der Waals surface area (Å²) in [7, 11) is 0. The summed E-state index contributed by atoms with van der Waals surface area (Å²) in [5.41, 5.74) is -0.132. The number of rotatable bonds is 6. The Labute approximate surface area is 173 Å². The molecule has 0 saturated carbocycles. The predicted molar refractivity (Wildman–Crippen MR) is 99.2 cm³/mol. The van der Waals surface area contributed by atoms with Crippen LogP contribution in [-0.4, -0.2) is 16.6 Å². The van der Waals surface area contributed by atoms with Crippen molar-refractivity contribution in [2.75, 3.05) is 6.61 Å². The molecule has 3 aromatic rings. The Morgan fingerprint density at radius 2 is 1.66 bits per heavy atom. The zero-order valence-corrected chi connectivity index (χ0v) is 16.0. The molecule has 0 fully saturated rings. The van der Waals surface area contributed by atoms with Crippen molar-refractivity contribution in [3.63, 3.8) is 0 Å². The van der Waals surface area contributed by atoms with Crippen LogP contribution in [0.15, 0.2) is 48.7 Å². The zero-order chi connectivity index (χ0) is 21.0. The maximum absolute atomic E-state index is 13.5. The number of benzene rings is 2. The lowest BCUT2D eigenvalue weighted by molar-refractivity contribution is -0.137. The summed E-state index contributed by atoms with van der Waals surface area (Å²) in [6.07, 6.45) is -3.23. The fourth-order valence-electron chi connectivity index (χ4n) is 2.34. The quantitative estimate of drug-likeness (QED) is 0.326. The molecule has 0 spiro atoms. The maximum Gasteiger partial charge on any atom is 0.417 e. The maximum atomic E-state index is 13.5. The van der Waals surface area contributed by atoms with E-state index in [1.807, 2.05) is 0 Å². The second kappa shape index (κ2) is 8.84. The first-order chi connectivity index (χ1) is 13.7. The van der Waals surface area contributed by atoms with Crippen LogP contribution in [0.2, 0.25) is 10.3 Å². The molecule has 0 aliphatic heterocycles. The summed E-state index contributed by atoms with van der Waals surface area (Å²) in [5, 5.41) is -0.527. The van der Waals surface area contributed by atoms with Crippen LogP contribution in [0.3, 0.4) is 0 Å². The van der Waals surface area contributed by atoms with Crippen molar-refractivity contribution >= 4 is 23.2 Å². The van der Waals surface area contributed by atoms with Gasteiger partial charge in [-0.1, -0.05) is 23.7 Å². The molecule has 29 heavy (non-hydrogen) atoms. The minimum Gasteiger partial charge on any atom is -0.475 e. The first-order valence-electron chi connectivity index (χ1n) is 8.17. The van der Waals surface area contributed by atoms with Crippen LogP contribution in [0.5, 0.6) is 17.4 Å². The van der Waals surface area contributed by atoms with Crippen LogP contribution in [0.1, 0.15) is 11.1 Å². The first-order valence-corrected chi connectivity index (χ1v) is 8.92. The molecular formula is C19H12Cl2F4N2O2. The summed E-state index contributed by atoms with van der Waals surface area (Å²) in [4.78, 5) is 7.13. The first kappa shape index (κ1) is 21.1. The number of hydrogen-bond donors (Lipinski definition) is 0. The molecule has 0 radical (unpaired) electrons. The monoisotopic (exact) mass is 446 g/mol. The van der Waals surface area contributed by atoms with Crippen molar-refractivity contribution in [2.24, 2.45) is 0 Å². The van der Waals surface area contributed by atoms with Gasteiger partial charge < -0.3 is 9.47 Å². The molecule has 152 valence electrons. The molecule has 4 nitrogen and oxygen atoms in total. The van der Waals surface area contributed by atoms with Crippen LogP contribution in [0.25, 0.3) is 0 Å². The van der Waals surface area contributed by atoms with E-state index in [-0.39, 0.29) is 23.5 Å². The smallest absolute Gasteiger partial charge is 0.417 e. The van der Waals surface area contributed by atoms with Gasteiger partial charge in [-0.15, -0.1) is 0 Å². The van der Waals surface area contributed by atoms with E-state index in [0.29, 0.717) is 12.2 Å². The normalized spacial score (nSPS) is 11.4. The zero-order valence-electron chi connectivity index (χ0n) is 14.5. The Kier molecular flexibility index (Phi) is 6.44. The van der Waals surface area contributed by atoms with Crippen molar-refractivity contribution in [3.8, 4) is 17.4 Å². The molecule has 1 heterocycles. The highest BCUT2D eigenvalue weighted by Crippen LogP contribution is 2.37. The van der Waals surface area contributed by atoms with Gasteiger partial charge in [0, 0.05) is 6.42 Å². The van der Waals surface area contributed by atoms with Gasteiger partial charge in [0.15, 0.2) is 0 Å². The highest BCUT2D eigenvalue weighted by Gasteiger charge is 2.33. The lowest BCUT2D eigenvalue weighted by Gasteiger charge is -2.12. The number of nitrogens with zero attached hydrogens (tertiary/aromatic N) is 2. The highest BCUT2D eigenvalue weighted by molar-refractivity contribution is 6.31. The third-order valence-electron chi connectivity index (χ3n) is 3.71. The third-order valence-corrected chi connectivity index (χ3v) is 4.23. The van der Waals surface area contributed by atoms with Crippen molar-refractivity contribution in [1.82, 2.24) is 9.97 Å². The Balaban J connectivity index is 1.60. The fourth-order valence-corrected chi connectivity index (χ4v) is 2.69. The minimum absolute atomic E-state index is 0.00826. The van der Waals surface area contributed by atoms with Gasteiger partial charge in [0.1, 0.15) is 11.5 Å². The van der Waals surface area contributed by atoms with Gasteiger partial charge in [0.25, 0.3) is 5.88 Å². The molecular weight excluding hydrogens is 435 g/mol. The number of ether oxygens (including phenoxy) is 2. The molecule has 0 N–H and O–H groups in total. The van der Waals surface area contributed by atoms with Gasteiger partial charge in [-0.25, -0.2) is 4.98 Å². The molecule has 3 rings (SSSR count). The summed E-state index contributed by atoms with van der Waals surface area (Å²) in [6, 6.07) is 9.93. The van der Waals surface area contributed by atoms with Crippen molar-refractivity contribution in [3.05, 3.63) is 75.9 Å². The second-order valence-electron chi connectivity index (χ2n) is 5.78. The van der Waals surface area contributed by atoms with Crippen LogP contribution in [0, 0.1) is 5.82 Å². The van der Waals surface area contributed by atoms with E-state index in [1.165, 1.54) is 6.07 Å². The SMILES string of the molecule is Fc1cnc(Cl)nc1OCCc1ccc(Oc2ccc(Cl)c(C(F)(F)F)c2)cc1. The molecule has 0 atom stereocenters. The lowest BCUT2D eigenvalue weighted by atomic mass is 10.1. The minimum atomic E-state index is -4.58. The number of aromatic nitrogens is 2. The van der Waals surface area contributed by atoms with E-state index in [0.717, 1.165) is 23.9 Å². The van der Waals surface area contributed by atoms with Gasteiger partial charge in [0.2, 0.25) is 11.1 Å². The topological polar surface area (TPSA) is 44.2 Å². The van der Waals surface area contributed by atoms with E-state index in [1.54, 1.807) is 24.3 Å². The van der Waals surface area contributed by atoms with E-state index < -0.39 is 22.6 Å². The predicted octanol–water partition coefficient (Wildman–Crippen LogP) is 6.36. The number of alkyl halides is 3. The highest BCUT2D eigenvalue weighted by atomic mass is 35.5. The van der Waals surface area contributed by atoms with Crippen molar-refractivity contribution < 1.29 is 27.0 Å². The molecule has 2 aromatic carbocycles. The van der Waals surface area contributed by atoms with Crippen LogP contribution in [-0.2, 0) is 12.6 Å². The van der Waals surface area contributed by atoms with E-state index in [2.05, 4.69) is 9.97 Å². The molecule has 0 unspecified atom stereocenters. The van der Waals surface area contributed by atoms with Crippen LogP contribution in [0.4, 0.5) is 17.6 Å². The Hall–Kier alpha value is -2.58. The van der Waals surface area contributed by atoms with Crippen LogP contribution < -0.4 is 9.47 Å². The Morgan fingerprint density at radius 1 is 0.966 bits per heavy atom. The molecule has 0 amide bonds. The average Bonchev–Trinajstić information content (AvgIpc) is 2.66. The van der Waals surface area contributed by atoms with Gasteiger partial charge >= 0.3 is 6.18 Å². The van der Waals surface area contributed by atoms with Gasteiger partial charge in [-0.3, -0.25) is 0 Å². The molecule has 10 heteroatoms. The lowest BCUT2D eigenvalue weighted by Crippen LogP contribution is -2.06. The molecule has 0 saturated heterocycles. The summed E-state index contributed by atoms with van der Waals surface area (Å²) in [5.74, 6) is -0.611. The molecule has 0 aliphatic carbocycles. The standard InChI is InChI=1S/C19H12Cl2F4N2O2/c20-15-6-5-13(9-14(15)19(23,24)25)29-12-3-1-11(2-4-12)7-8-28-17-16(22)10-26-18(21)27-17/h1-6,9-10H,7-8H2. The average molecular weight is 447 g/mol. The Morgan fingerprint density at radius 3 is 2.34 bits per heavy atom. The van der Waals surface area contributed by atoms with Gasteiger partial charge in [-0.2, -0.15) is 22.5 Å². The van der Waals surface area contributed by atoms with E-state index in [9.17, 15) is 17.6 Å². The van der Waals surface area contributed by atoms with Gasteiger partial charge in [0.05, 0.1) is 23.4 Å². The Bertz CT molecular complexity index is 998. The third kappa shape index (κ3) is 5.71. The molecule has 1 aromatic heterocycles. The van der Waals surface area contributed by atoms with Crippen molar-refractivity contribution in [1.29, 1.82) is 0 Å². The largest absolute Gasteiger partial charge is 0.475 e. The number of halogens is 6. The number of hydrogen-bond acceptors (Lipinski definition) is 4. The second-order valence-corrected chi connectivity index (χ2v) is 6.52. The molecule has 0 aliphatic rings. The summed E-state index contributed by atoms with van der Waals surface area (Å²) >= 11 is 11.2. The molecule has 0 bridgehead atoms. The summed E-state index contributed by atoms with van der Waals surface area (Å²) < 4.78 is 62.9.